The van der Waals surface area contributed by atoms with E-state index in [0.717, 1.165) is 66.9 Å². The lowest BCUT2D eigenvalue weighted by molar-refractivity contribution is -0.115. The molecule has 0 bridgehead atoms. The normalized spacial score (nSPS) is 17.1. The smallest absolute Gasteiger partial charge is 0.290 e. The van der Waals surface area contributed by atoms with Crippen LogP contribution >= 0.6 is 23.1 Å². The second-order valence-electron chi connectivity index (χ2n) is 9.69. The number of benzene rings is 1. The van der Waals surface area contributed by atoms with Crippen LogP contribution in [0.25, 0.3) is 27.4 Å². The summed E-state index contributed by atoms with van der Waals surface area (Å²) in [6, 6.07) is 14.2. The number of imide groups is 1. The number of pyridine rings is 1. The van der Waals surface area contributed by atoms with E-state index in [0.29, 0.717) is 29.0 Å². The van der Waals surface area contributed by atoms with Crippen LogP contribution in [0.5, 0.6) is 5.75 Å². The van der Waals surface area contributed by atoms with Crippen molar-refractivity contribution in [1.29, 1.82) is 0 Å². The van der Waals surface area contributed by atoms with E-state index < -0.39 is 0 Å². The van der Waals surface area contributed by atoms with Crippen LogP contribution in [0, 0.1) is 5.92 Å². The number of ether oxygens (including phenoxy) is 1. The molecule has 9 nitrogen and oxygen atoms in total. The van der Waals surface area contributed by atoms with Gasteiger partial charge in [-0.25, -0.2) is 15.0 Å². The van der Waals surface area contributed by atoms with Gasteiger partial charge < -0.3 is 15.0 Å². The molecule has 0 atom stereocenters. The Labute approximate surface area is 240 Å². The second kappa shape index (κ2) is 11.7. The van der Waals surface area contributed by atoms with E-state index in [4.69, 9.17) is 9.72 Å². The van der Waals surface area contributed by atoms with Gasteiger partial charge in [-0.05, 0) is 67.4 Å². The number of carbonyl (C=O) groups is 2. The van der Waals surface area contributed by atoms with Crippen LogP contribution in [0.1, 0.15) is 24.2 Å². The number of amides is 2. The molecule has 2 aliphatic heterocycles. The Hall–Kier alpha value is -3.80. The zero-order valence-electron chi connectivity index (χ0n) is 21.9. The molecule has 2 N–H and O–H groups in total. The third kappa shape index (κ3) is 5.72. The van der Waals surface area contributed by atoms with E-state index in [1.807, 2.05) is 12.1 Å². The fourth-order valence-electron chi connectivity index (χ4n) is 5.01. The Balaban J connectivity index is 1.05. The molecular formula is C29H28N6O3S2. The quantitative estimate of drug-likeness (QED) is 0.279. The number of anilines is 1. The maximum atomic E-state index is 11.9. The van der Waals surface area contributed by atoms with Crippen LogP contribution in [0.15, 0.2) is 58.9 Å². The number of hydrogen-bond acceptors (Lipinski definition) is 10. The second-order valence-corrected chi connectivity index (χ2v) is 11.6. The van der Waals surface area contributed by atoms with E-state index in [1.54, 1.807) is 36.8 Å². The summed E-state index contributed by atoms with van der Waals surface area (Å²) in [5, 5.41) is 8.90. The molecule has 0 spiro atoms. The highest BCUT2D eigenvalue weighted by Gasteiger charge is 2.26. The molecule has 4 aromatic rings. The first-order chi connectivity index (χ1) is 19.6. The lowest BCUT2D eigenvalue weighted by atomic mass is 9.97. The molecule has 2 fully saturated rings. The van der Waals surface area contributed by atoms with Crippen molar-refractivity contribution in [3.63, 3.8) is 0 Å². The topological polar surface area (TPSA) is 109 Å². The highest BCUT2D eigenvalue weighted by atomic mass is 32.2. The van der Waals surface area contributed by atoms with E-state index >= 15 is 0 Å². The maximum Gasteiger partial charge on any atom is 0.290 e. The molecule has 0 aliphatic carbocycles. The Morgan fingerprint density at radius 3 is 2.77 bits per heavy atom. The Morgan fingerprint density at radius 1 is 1.12 bits per heavy atom. The molecule has 11 heteroatoms. The van der Waals surface area contributed by atoms with Crippen molar-refractivity contribution >= 4 is 56.4 Å². The van der Waals surface area contributed by atoms with Crippen LogP contribution in [-0.4, -0.2) is 52.8 Å². The third-order valence-electron chi connectivity index (χ3n) is 7.12. The molecule has 2 saturated heterocycles. The van der Waals surface area contributed by atoms with Crippen molar-refractivity contribution in [3.8, 4) is 17.0 Å². The first kappa shape index (κ1) is 26.4. The fourth-order valence-corrected chi connectivity index (χ4v) is 6.63. The average molecular weight is 573 g/mol. The third-order valence-corrected chi connectivity index (χ3v) is 8.89. The molecule has 3 aromatic heterocycles. The standard InChI is InChI=1S/C29H28N6O3S2/c1-38-24-7-6-22(21-17-39-25-5-3-2-4-20(21)25)33-23(24)16-30-15-18-9-12-35(13-10-18)28-31-11-8-19(32-28)14-26-27(36)34-29(37)40-26/h2-8,11,14,17-18,30H,9-10,12-13,15-16H2,1H3,(H,34,36,37)/b26-14+. The first-order valence-corrected chi connectivity index (χ1v) is 14.8. The summed E-state index contributed by atoms with van der Waals surface area (Å²) in [7, 11) is 1.68. The predicted molar refractivity (Wildman–Crippen MR) is 159 cm³/mol. The monoisotopic (exact) mass is 572 g/mol. The minimum absolute atomic E-state index is 0.347. The lowest BCUT2D eigenvalue weighted by Crippen LogP contribution is -2.38. The molecular weight excluding hydrogens is 544 g/mol. The van der Waals surface area contributed by atoms with Crippen LogP contribution < -0.4 is 20.3 Å². The molecule has 5 heterocycles. The van der Waals surface area contributed by atoms with Gasteiger partial charge in [0.25, 0.3) is 11.1 Å². The highest BCUT2D eigenvalue weighted by molar-refractivity contribution is 8.18. The number of nitrogens with zero attached hydrogens (tertiary/aromatic N) is 4. The average Bonchev–Trinajstić information content (AvgIpc) is 3.55. The van der Waals surface area contributed by atoms with Gasteiger partial charge in [0.2, 0.25) is 5.95 Å². The van der Waals surface area contributed by atoms with Crippen molar-refractivity contribution < 1.29 is 14.3 Å². The van der Waals surface area contributed by atoms with Gasteiger partial charge in [-0.15, -0.1) is 11.3 Å². The number of piperidine rings is 1. The number of rotatable bonds is 8. The molecule has 204 valence electrons. The summed E-state index contributed by atoms with van der Waals surface area (Å²) in [5.41, 5.74) is 3.63. The van der Waals surface area contributed by atoms with E-state index in [-0.39, 0.29) is 11.1 Å². The molecule has 2 amide bonds. The number of thiophene rings is 1. The molecule has 40 heavy (non-hydrogen) atoms. The number of thioether (sulfide) groups is 1. The first-order valence-electron chi connectivity index (χ1n) is 13.1. The Morgan fingerprint density at radius 2 is 1.98 bits per heavy atom. The van der Waals surface area contributed by atoms with E-state index in [2.05, 4.69) is 55.1 Å². The molecule has 2 aliphatic rings. The van der Waals surface area contributed by atoms with Gasteiger partial charge in [-0.3, -0.25) is 14.9 Å². The van der Waals surface area contributed by atoms with Crippen molar-refractivity contribution in [1.82, 2.24) is 25.6 Å². The summed E-state index contributed by atoms with van der Waals surface area (Å²) < 4.78 is 6.87. The van der Waals surface area contributed by atoms with Crippen LogP contribution in [0.2, 0.25) is 0 Å². The van der Waals surface area contributed by atoms with Crippen LogP contribution in [-0.2, 0) is 11.3 Å². The predicted octanol–water partition coefficient (Wildman–Crippen LogP) is 5.09. The largest absolute Gasteiger partial charge is 0.495 e. The number of nitrogens with one attached hydrogen (secondary N) is 2. The van der Waals surface area contributed by atoms with Crippen LogP contribution in [0.3, 0.4) is 0 Å². The van der Waals surface area contributed by atoms with Gasteiger partial charge >= 0.3 is 0 Å². The highest BCUT2D eigenvalue weighted by Crippen LogP contribution is 2.34. The SMILES string of the molecule is COc1ccc(-c2csc3ccccc23)nc1CNCC1CCN(c2nccc(/C=C3/SC(=O)NC3=O)n2)CC1. The molecule has 0 unspecified atom stereocenters. The van der Waals surface area contributed by atoms with Gasteiger partial charge in [0, 0.05) is 46.9 Å². The van der Waals surface area contributed by atoms with Gasteiger partial charge in [-0.2, -0.15) is 0 Å². The number of carbonyl (C=O) groups excluding carboxylic acids is 2. The molecule has 6 rings (SSSR count). The van der Waals surface area contributed by atoms with E-state index in [1.165, 1.54) is 10.1 Å². The minimum atomic E-state index is -0.386. The van der Waals surface area contributed by atoms with Gasteiger partial charge in [-0.1, -0.05) is 18.2 Å². The summed E-state index contributed by atoms with van der Waals surface area (Å²) in [6.45, 7) is 3.22. The van der Waals surface area contributed by atoms with Gasteiger partial charge in [0.05, 0.1) is 29.1 Å². The van der Waals surface area contributed by atoms with Crippen LogP contribution in [0.4, 0.5) is 10.7 Å². The van der Waals surface area contributed by atoms with E-state index in [9.17, 15) is 9.59 Å². The minimum Gasteiger partial charge on any atom is -0.495 e. The Kier molecular flexibility index (Phi) is 7.76. The number of hydrogen-bond donors (Lipinski definition) is 2. The van der Waals surface area contributed by atoms with Gasteiger partial charge in [0.1, 0.15) is 5.75 Å². The fraction of sp³-hybridized carbons (Fsp3) is 0.276. The number of fused-ring (bicyclic) bond motifs is 1. The molecule has 0 saturated carbocycles. The van der Waals surface area contributed by atoms with Crippen molar-refractivity contribution in [2.24, 2.45) is 5.92 Å². The summed E-state index contributed by atoms with van der Waals surface area (Å²) in [4.78, 5) is 39.8. The summed E-state index contributed by atoms with van der Waals surface area (Å²) >= 11 is 2.62. The van der Waals surface area contributed by atoms with Gasteiger partial charge in [0.15, 0.2) is 0 Å². The number of aromatic nitrogens is 3. The summed E-state index contributed by atoms with van der Waals surface area (Å²) in [5.74, 6) is 1.57. The Bertz CT molecular complexity index is 1600. The summed E-state index contributed by atoms with van der Waals surface area (Å²) in [6.07, 6.45) is 5.35. The molecule has 0 radical (unpaired) electrons. The van der Waals surface area contributed by atoms with Crippen molar-refractivity contribution in [2.75, 3.05) is 31.6 Å². The zero-order valence-corrected chi connectivity index (χ0v) is 23.6. The molecule has 1 aromatic carbocycles. The zero-order chi connectivity index (χ0) is 27.5. The van der Waals surface area contributed by atoms with Crippen molar-refractivity contribution in [2.45, 2.75) is 19.4 Å². The lowest BCUT2D eigenvalue weighted by Gasteiger charge is -2.32. The van der Waals surface area contributed by atoms with Crippen molar-refractivity contribution in [3.05, 3.63) is 70.3 Å². The maximum absolute atomic E-state index is 11.9. The number of methoxy groups -OCH3 is 1.